The number of hydrogen-bond acceptors (Lipinski definition) is 2. The van der Waals surface area contributed by atoms with E-state index in [-0.39, 0.29) is 6.04 Å². The highest BCUT2D eigenvalue weighted by Gasteiger charge is 2.38. The van der Waals surface area contributed by atoms with E-state index >= 15 is 0 Å². The largest absolute Gasteiger partial charge is 0.405 e. The lowest BCUT2D eigenvalue weighted by Gasteiger charge is -2.26. The van der Waals surface area contributed by atoms with E-state index in [4.69, 9.17) is 0 Å². The molecule has 2 rings (SSSR count). The van der Waals surface area contributed by atoms with Gasteiger partial charge in [-0.15, -0.1) is 0 Å². The quantitative estimate of drug-likeness (QED) is 0.854. The molecule has 2 nitrogen and oxygen atoms in total. The maximum absolute atomic E-state index is 12.6. The third-order valence-corrected chi connectivity index (χ3v) is 3.18. The molecule has 106 valence electrons. The fraction of sp³-hybridized carbons (Fsp3) is 0.571. The summed E-state index contributed by atoms with van der Waals surface area (Å²) in [5, 5.41) is 3.19. The second-order valence-electron chi connectivity index (χ2n) is 4.92. The molecule has 0 saturated heterocycles. The zero-order chi connectivity index (χ0) is 13.9. The highest BCUT2D eigenvalue weighted by atomic mass is 19.4. The van der Waals surface area contributed by atoms with Crippen LogP contribution in [0.1, 0.15) is 25.3 Å². The number of nitrogens with zero attached hydrogens (tertiary/aromatic N) is 1. The van der Waals surface area contributed by atoms with Crippen LogP contribution in [0.4, 0.5) is 18.9 Å². The Kier molecular flexibility index (Phi) is 4.34. The van der Waals surface area contributed by atoms with Gasteiger partial charge in [0, 0.05) is 18.3 Å². The lowest BCUT2D eigenvalue weighted by atomic mass is 10.2. The van der Waals surface area contributed by atoms with Gasteiger partial charge >= 0.3 is 6.18 Å². The minimum absolute atomic E-state index is 0.0567. The Bertz CT molecular complexity index is 396. The van der Waals surface area contributed by atoms with Gasteiger partial charge in [-0.05, 0) is 37.1 Å². The van der Waals surface area contributed by atoms with Crippen molar-refractivity contribution in [3.8, 4) is 0 Å². The van der Waals surface area contributed by atoms with Gasteiger partial charge < -0.3 is 10.2 Å². The van der Waals surface area contributed by atoms with Crippen molar-refractivity contribution in [3.63, 3.8) is 0 Å². The highest BCUT2D eigenvalue weighted by Crippen LogP contribution is 2.34. The van der Waals surface area contributed by atoms with E-state index in [1.165, 1.54) is 4.90 Å². The standard InChI is InChI=1S/C14H19F3N2/c1-2-18-9-11-3-5-12(6-4-11)19(13-7-8-13)10-14(15,16)17/h3-6,13,18H,2,7-10H2,1H3. The van der Waals surface area contributed by atoms with Crippen LogP contribution >= 0.6 is 0 Å². The van der Waals surface area contributed by atoms with Crippen molar-refractivity contribution < 1.29 is 13.2 Å². The Balaban J connectivity index is 2.05. The summed E-state index contributed by atoms with van der Waals surface area (Å²) in [6.45, 7) is 2.79. The predicted molar refractivity (Wildman–Crippen MR) is 70.2 cm³/mol. The first-order chi connectivity index (χ1) is 8.99. The van der Waals surface area contributed by atoms with Gasteiger partial charge in [0.25, 0.3) is 0 Å². The monoisotopic (exact) mass is 272 g/mol. The molecule has 0 unspecified atom stereocenters. The van der Waals surface area contributed by atoms with Crippen LogP contribution in [0.15, 0.2) is 24.3 Å². The van der Waals surface area contributed by atoms with Crippen LogP contribution in [0.5, 0.6) is 0 Å². The molecule has 1 saturated carbocycles. The van der Waals surface area contributed by atoms with Crippen molar-refractivity contribution in [1.29, 1.82) is 0 Å². The second-order valence-corrected chi connectivity index (χ2v) is 4.92. The number of halogens is 3. The number of nitrogens with one attached hydrogen (secondary N) is 1. The molecule has 0 heterocycles. The molecule has 0 radical (unpaired) electrons. The van der Waals surface area contributed by atoms with Crippen LogP contribution in [0.25, 0.3) is 0 Å². The van der Waals surface area contributed by atoms with Crippen molar-refractivity contribution >= 4 is 5.69 Å². The summed E-state index contributed by atoms with van der Waals surface area (Å²) in [5.41, 5.74) is 1.76. The van der Waals surface area contributed by atoms with Gasteiger partial charge in [0.15, 0.2) is 0 Å². The third kappa shape index (κ3) is 4.42. The molecule has 0 atom stereocenters. The number of anilines is 1. The van der Waals surface area contributed by atoms with Crippen molar-refractivity contribution in [2.75, 3.05) is 18.0 Å². The van der Waals surface area contributed by atoms with Crippen LogP contribution in [0, 0.1) is 0 Å². The molecule has 0 amide bonds. The van der Waals surface area contributed by atoms with Crippen LogP contribution in [-0.2, 0) is 6.54 Å². The van der Waals surface area contributed by atoms with E-state index in [9.17, 15) is 13.2 Å². The second kappa shape index (κ2) is 5.82. The molecule has 1 aromatic carbocycles. The molecule has 19 heavy (non-hydrogen) atoms. The molecule has 1 N–H and O–H groups in total. The molecule has 5 heteroatoms. The topological polar surface area (TPSA) is 15.3 Å². The Morgan fingerprint density at radius 3 is 2.32 bits per heavy atom. The van der Waals surface area contributed by atoms with Gasteiger partial charge in [0.05, 0.1) is 0 Å². The van der Waals surface area contributed by atoms with Gasteiger partial charge in [-0.25, -0.2) is 0 Å². The Labute approximate surface area is 111 Å². The molecule has 1 fully saturated rings. The normalized spacial score (nSPS) is 15.6. The summed E-state index contributed by atoms with van der Waals surface area (Å²) < 4.78 is 37.7. The molecule has 0 bridgehead atoms. The van der Waals surface area contributed by atoms with E-state index in [1.807, 2.05) is 19.1 Å². The van der Waals surface area contributed by atoms with Crippen LogP contribution in [0.3, 0.4) is 0 Å². The van der Waals surface area contributed by atoms with Gasteiger partial charge in [-0.1, -0.05) is 19.1 Å². The molecule has 0 aromatic heterocycles. The lowest BCUT2D eigenvalue weighted by Crippen LogP contribution is -2.35. The van der Waals surface area contributed by atoms with Gasteiger partial charge in [-0.2, -0.15) is 13.2 Å². The Morgan fingerprint density at radius 2 is 1.84 bits per heavy atom. The van der Waals surface area contributed by atoms with E-state index in [2.05, 4.69) is 5.32 Å². The van der Waals surface area contributed by atoms with Crippen molar-refractivity contribution in [3.05, 3.63) is 29.8 Å². The number of rotatable bonds is 6. The minimum atomic E-state index is -4.15. The first-order valence-corrected chi connectivity index (χ1v) is 6.62. The fourth-order valence-electron chi connectivity index (χ4n) is 2.09. The SMILES string of the molecule is CCNCc1ccc(N(CC(F)(F)F)C2CC2)cc1. The summed E-state index contributed by atoms with van der Waals surface area (Å²) in [7, 11) is 0. The molecule has 1 aromatic rings. The van der Waals surface area contributed by atoms with E-state index in [0.717, 1.165) is 31.5 Å². The first kappa shape index (κ1) is 14.2. The summed E-state index contributed by atoms with van der Waals surface area (Å²) >= 11 is 0. The van der Waals surface area contributed by atoms with Crippen LogP contribution in [-0.4, -0.2) is 25.3 Å². The highest BCUT2D eigenvalue weighted by molar-refractivity contribution is 5.50. The van der Waals surface area contributed by atoms with E-state index < -0.39 is 12.7 Å². The number of hydrogen-bond donors (Lipinski definition) is 1. The summed E-state index contributed by atoms with van der Waals surface area (Å²) in [6.07, 6.45) is -2.44. The average Bonchev–Trinajstić information content (AvgIpc) is 3.17. The third-order valence-electron chi connectivity index (χ3n) is 3.18. The predicted octanol–water partition coefficient (Wildman–Crippen LogP) is 3.33. The summed E-state index contributed by atoms with van der Waals surface area (Å²) in [4.78, 5) is 1.47. The molecule has 1 aliphatic carbocycles. The van der Waals surface area contributed by atoms with Crippen molar-refractivity contribution in [2.24, 2.45) is 0 Å². The first-order valence-electron chi connectivity index (χ1n) is 6.62. The molecule has 0 spiro atoms. The lowest BCUT2D eigenvalue weighted by molar-refractivity contribution is -0.120. The average molecular weight is 272 g/mol. The number of alkyl halides is 3. The Hall–Kier alpha value is -1.23. The smallest absolute Gasteiger partial charge is 0.360 e. The molecular formula is C14H19F3N2. The minimum Gasteiger partial charge on any atom is -0.360 e. The maximum Gasteiger partial charge on any atom is 0.405 e. The van der Waals surface area contributed by atoms with Crippen molar-refractivity contribution in [1.82, 2.24) is 5.32 Å². The van der Waals surface area contributed by atoms with Crippen molar-refractivity contribution in [2.45, 2.75) is 38.5 Å². The maximum atomic E-state index is 12.6. The number of benzene rings is 1. The fourth-order valence-corrected chi connectivity index (χ4v) is 2.09. The molecule has 1 aliphatic rings. The Morgan fingerprint density at radius 1 is 1.21 bits per heavy atom. The summed E-state index contributed by atoms with van der Waals surface area (Å²) in [6, 6.07) is 7.42. The van der Waals surface area contributed by atoms with E-state index in [0.29, 0.717) is 5.69 Å². The zero-order valence-corrected chi connectivity index (χ0v) is 11.0. The van der Waals surface area contributed by atoms with E-state index in [1.54, 1.807) is 12.1 Å². The van der Waals surface area contributed by atoms with Crippen LogP contribution in [0.2, 0.25) is 0 Å². The summed E-state index contributed by atoms with van der Waals surface area (Å²) in [5.74, 6) is 0. The van der Waals surface area contributed by atoms with Crippen LogP contribution < -0.4 is 10.2 Å². The van der Waals surface area contributed by atoms with Gasteiger partial charge in [0.1, 0.15) is 6.54 Å². The van der Waals surface area contributed by atoms with Gasteiger partial charge in [0.2, 0.25) is 0 Å². The molecule has 0 aliphatic heterocycles. The molecular weight excluding hydrogens is 253 g/mol. The zero-order valence-electron chi connectivity index (χ0n) is 11.0. The van der Waals surface area contributed by atoms with Gasteiger partial charge in [-0.3, -0.25) is 0 Å².